The second-order valence-electron chi connectivity index (χ2n) is 3.58. The van der Waals surface area contributed by atoms with Gasteiger partial charge in [0.05, 0.1) is 12.5 Å². The molecule has 5 nitrogen and oxygen atoms in total. The lowest BCUT2D eigenvalue weighted by atomic mass is 10.1. The topological polar surface area (TPSA) is 54.3 Å². The molecule has 1 aliphatic heterocycles. The van der Waals surface area contributed by atoms with Gasteiger partial charge >= 0.3 is 5.97 Å². The van der Waals surface area contributed by atoms with Crippen LogP contribution in [0.5, 0.6) is 0 Å². The highest BCUT2D eigenvalue weighted by atomic mass is 32.2. The van der Waals surface area contributed by atoms with Gasteiger partial charge < -0.3 is 9.04 Å². The van der Waals surface area contributed by atoms with Crippen LogP contribution in [-0.2, 0) is 9.53 Å². The molecule has 0 aromatic heterocycles. The van der Waals surface area contributed by atoms with E-state index in [1.165, 1.54) is 6.08 Å². The molecular weight excluding hydrogens is 250 g/mol. The SMILES string of the molecule is CCN=C1N=CN(SC)CC1C=CC(=O)OCC. The Morgan fingerprint density at radius 3 is 3.11 bits per heavy atom. The molecule has 0 aliphatic carbocycles. The van der Waals surface area contributed by atoms with Gasteiger partial charge in [-0.15, -0.1) is 0 Å². The summed E-state index contributed by atoms with van der Waals surface area (Å²) in [5.74, 6) is 0.480. The number of aliphatic imine (C=N–C) groups is 2. The van der Waals surface area contributed by atoms with Crippen LogP contribution < -0.4 is 0 Å². The summed E-state index contributed by atoms with van der Waals surface area (Å²) >= 11 is 1.59. The van der Waals surface area contributed by atoms with Gasteiger partial charge in [-0.3, -0.25) is 4.99 Å². The maximum Gasteiger partial charge on any atom is 0.330 e. The number of hydrogen-bond donors (Lipinski definition) is 0. The largest absolute Gasteiger partial charge is 0.463 e. The van der Waals surface area contributed by atoms with Gasteiger partial charge in [0.2, 0.25) is 0 Å². The number of amidine groups is 1. The zero-order valence-electron chi connectivity index (χ0n) is 11.0. The molecular formula is C12H19N3O2S. The van der Waals surface area contributed by atoms with E-state index < -0.39 is 0 Å². The van der Waals surface area contributed by atoms with E-state index in [1.807, 2.05) is 23.6 Å². The lowest BCUT2D eigenvalue weighted by molar-refractivity contribution is -0.137. The molecule has 6 heteroatoms. The first-order valence-electron chi connectivity index (χ1n) is 5.95. The van der Waals surface area contributed by atoms with Crippen LogP contribution >= 0.6 is 11.9 Å². The number of rotatable bonds is 5. The van der Waals surface area contributed by atoms with Crippen molar-refractivity contribution in [2.75, 3.05) is 26.0 Å². The summed E-state index contributed by atoms with van der Waals surface area (Å²) < 4.78 is 6.87. The highest BCUT2D eigenvalue weighted by Gasteiger charge is 2.19. The molecule has 1 unspecified atom stereocenters. The first-order valence-corrected chi connectivity index (χ1v) is 7.13. The predicted octanol–water partition coefficient (Wildman–Crippen LogP) is 1.76. The van der Waals surface area contributed by atoms with E-state index in [-0.39, 0.29) is 11.9 Å². The third-order valence-electron chi connectivity index (χ3n) is 2.33. The van der Waals surface area contributed by atoms with Crippen LogP contribution in [0.25, 0.3) is 0 Å². The minimum atomic E-state index is -0.321. The third kappa shape index (κ3) is 4.52. The highest BCUT2D eigenvalue weighted by Crippen LogP contribution is 2.16. The number of carbonyl (C=O) groups excluding carboxylic acids is 1. The smallest absolute Gasteiger partial charge is 0.330 e. The number of esters is 1. The normalized spacial score (nSPS) is 21.8. The van der Waals surface area contributed by atoms with Crippen LogP contribution in [-0.4, -0.2) is 48.4 Å². The van der Waals surface area contributed by atoms with Crippen molar-refractivity contribution in [3.8, 4) is 0 Å². The van der Waals surface area contributed by atoms with E-state index in [2.05, 4.69) is 9.98 Å². The van der Waals surface area contributed by atoms with Gasteiger partial charge in [-0.1, -0.05) is 18.0 Å². The van der Waals surface area contributed by atoms with Crippen LogP contribution in [0, 0.1) is 5.92 Å². The lowest BCUT2D eigenvalue weighted by Gasteiger charge is -2.25. The second kappa shape index (κ2) is 7.92. The molecule has 0 radical (unpaired) electrons. The minimum absolute atomic E-state index is 0.0341. The molecule has 1 heterocycles. The van der Waals surface area contributed by atoms with Crippen molar-refractivity contribution < 1.29 is 9.53 Å². The van der Waals surface area contributed by atoms with Crippen molar-refractivity contribution in [1.29, 1.82) is 0 Å². The molecule has 0 aromatic rings. The first-order chi connectivity index (χ1) is 8.71. The fourth-order valence-corrected chi connectivity index (χ4v) is 1.97. The van der Waals surface area contributed by atoms with Crippen LogP contribution in [0.4, 0.5) is 0 Å². The molecule has 0 N–H and O–H groups in total. The lowest BCUT2D eigenvalue weighted by Crippen LogP contribution is -2.31. The van der Waals surface area contributed by atoms with Crippen molar-refractivity contribution in [3.63, 3.8) is 0 Å². The monoisotopic (exact) mass is 269 g/mol. The highest BCUT2D eigenvalue weighted by molar-refractivity contribution is 7.96. The van der Waals surface area contributed by atoms with Crippen LogP contribution in [0.15, 0.2) is 22.1 Å². The first kappa shape index (κ1) is 14.8. The Hall–Kier alpha value is -1.30. The zero-order valence-corrected chi connectivity index (χ0v) is 11.8. The minimum Gasteiger partial charge on any atom is -0.463 e. The summed E-state index contributed by atoms with van der Waals surface area (Å²) in [7, 11) is 0. The van der Waals surface area contributed by atoms with Crippen LogP contribution in [0.3, 0.4) is 0 Å². The zero-order chi connectivity index (χ0) is 13.4. The summed E-state index contributed by atoms with van der Waals surface area (Å²) in [6.07, 6.45) is 7.03. The maximum absolute atomic E-state index is 11.3. The number of ether oxygens (including phenoxy) is 1. The van der Waals surface area contributed by atoms with Crippen LogP contribution in [0.1, 0.15) is 13.8 Å². The maximum atomic E-state index is 11.3. The quantitative estimate of drug-likeness (QED) is 0.433. The summed E-state index contributed by atoms with van der Waals surface area (Å²) in [6.45, 7) is 5.60. The number of nitrogens with zero attached hydrogens (tertiary/aromatic N) is 3. The molecule has 0 amide bonds. The van der Waals surface area contributed by atoms with Gasteiger partial charge in [-0.05, 0) is 13.8 Å². The molecule has 1 atom stereocenters. The van der Waals surface area contributed by atoms with E-state index in [9.17, 15) is 4.79 Å². The van der Waals surface area contributed by atoms with Gasteiger partial charge in [0.15, 0.2) is 0 Å². The van der Waals surface area contributed by atoms with Gasteiger partial charge in [-0.25, -0.2) is 9.79 Å². The molecule has 0 spiro atoms. The van der Waals surface area contributed by atoms with E-state index in [4.69, 9.17) is 4.74 Å². The summed E-state index contributed by atoms with van der Waals surface area (Å²) in [5, 5.41) is 0. The Labute approximate surface area is 112 Å². The van der Waals surface area contributed by atoms with Crippen molar-refractivity contribution in [2.24, 2.45) is 15.9 Å². The van der Waals surface area contributed by atoms with Crippen LogP contribution in [0.2, 0.25) is 0 Å². The Morgan fingerprint density at radius 1 is 1.72 bits per heavy atom. The molecule has 1 aliphatic rings. The van der Waals surface area contributed by atoms with E-state index in [0.717, 1.165) is 12.4 Å². The molecule has 0 fully saturated rings. The number of carbonyl (C=O) groups is 1. The standard InChI is InChI=1S/C12H19N3O2S/c1-4-13-12-10(6-7-11(16)17-5-2)8-15(18-3)9-14-12/h6-7,9-10H,4-5,8H2,1-3H3. The molecule has 1 rings (SSSR count). The van der Waals surface area contributed by atoms with Crippen molar-refractivity contribution in [3.05, 3.63) is 12.2 Å². The Morgan fingerprint density at radius 2 is 2.50 bits per heavy atom. The van der Waals surface area contributed by atoms with E-state index in [1.54, 1.807) is 25.2 Å². The molecule has 18 heavy (non-hydrogen) atoms. The van der Waals surface area contributed by atoms with E-state index in [0.29, 0.717) is 13.2 Å². The van der Waals surface area contributed by atoms with Gasteiger partial charge in [0.1, 0.15) is 12.2 Å². The fraction of sp³-hybridized carbons (Fsp3) is 0.583. The summed E-state index contributed by atoms with van der Waals surface area (Å²) in [4.78, 5) is 19.9. The molecule has 0 saturated carbocycles. The summed E-state index contributed by atoms with van der Waals surface area (Å²) in [6, 6.07) is 0. The Kier molecular flexibility index (Phi) is 6.49. The van der Waals surface area contributed by atoms with Crippen molar-refractivity contribution >= 4 is 30.1 Å². The van der Waals surface area contributed by atoms with E-state index >= 15 is 0 Å². The Balaban J connectivity index is 2.73. The van der Waals surface area contributed by atoms with Crippen molar-refractivity contribution in [1.82, 2.24) is 4.31 Å². The van der Waals surface area contributed by atoms with Crippen molar-refractivity contribution in [2.45, 2.75) is 13.8 Å². The van der Waals surface area contributed by atoms with Gasteiger partial charge in [0, 0.05) is 25.4 Å². The average molecular weight is 269 g/mol. The number of hydrogen-bond acceptors (Lipinski definition) is 5. The third-order valence-corrected chi connectivity index (χ3v) is 3.05. The molecule has 0 bridgehead atoms. The molecule has 100 valence electrons. The second-order valence-corrected chi connectivity index (χ2v) is 4.41. The predicted molar refractivity (Wildman–Crippen MR) is 76.0 cm³/mol. The summed E-state index contributed by atoms with van der Waals surface area (Å²) in [5.41, 5.74) is 0. The van der Waals surface area contributed by atoms with Gasteiger partial charge in [0.25, 0.3) is 0 Å². The molecule has 0 saturated heterocycles. The Bertz CT molecular complexity index is 366. The molecule has 0 aromatic carbocycles. The average Bonchev–Trinajstić information content (AvgIpc) is 2.38. The van der Waals surface area contributed by atoms with Gasteiger partial charge in [-0.2, -0.15) is 0 Å². The fourth-order valence-electron chi connectivity index (χ4n) is 1.52.